The monoisotopic (exact) mass is 385 g/mol. The Morgan fingerprint density at radius 3 is 2.85 bits per heavy atom. The second-order valence-corrected chi connectivity index (χ2v) is 8.33. The van der Waals surface area contributed by atoms with Gasteiger partial charge in [-0.15, -0.1) is 11.3 Å². The second kappa shape index (κ2) is 7.25. The predicted molar refractivity (Wildman–Crippen MR) is 106 cm³/mol. The van der Waals surface area contributed by atoms with Gasteiger partial charge in [-0.05, 0) is 35.8 Å². The van der Waals surface area contributed by atoms with Gasteiger partial charge in [0, 0.05) is 7.05 Å². The third-order valence-corrected chi connectivity index (χ3v) is 6.47. The maximum Gasteiger partial charge on any atom is 0.271 e. The normalized spacial score (nSPS) is 15.1. The molecule has 0 spiro atoms. The molecule has 1 aliphatic rings. The van der Waals surface area contributed by atoms with Crippen LogP contribution in [0.4, 0.5) is 0 Å². The summed E-state index contributed by atoms with van der Waals surface area (Å²) in [7, 11) is 1.70. The molecule has 1 amide bonds. The Hall–Kier alpha value is -2.12. The van der Waals surface area contributed by atoms with Crippen LogP contribution in [0, 0.1) is 5.92 Å². The van der Waals surface area contributed by atoms with Gasteiger partial charge in [0.1, 0.15) is 4.70 Å². The van der Waals surface area contributed by atoms with Crippen LogP contribution in [-0.2, 0) is 11.8 Å². The van der Waals surface area contributed by atoms with Crippen LogP contribution in [0.5, 0.6) is 0 Å². The van der Waals surface area contributed by atoms with E-state index < -0.39 is 0 Å². The summed E-state index contributed by atoms with van der Waals surface area (Å²) in [5, 5.41) is 5.59. The molecule has 1 saturated carbocycles. The number of benzene rings is 1. The second-order valence-electron chi connectivity index (χ2n) is 6.48. The average molecular weight is 386 g/mol. The van der Waals surface area contributed by atoms with Crippen molar-refractivity contribution in [2.24, 2.45) is 13.0 Å². The molecular weight excluding hydrogens is 366 g/mol. The molecule has 0 bridgehead atoms. The van der Waals surface area contributed by atoms with Crippen LogP contribution < -0.4 is 10.9 Å². The fourth-order valence-corrected chi connectivity index (χ4v) is 4.59. The van der Waals surface area contributed by atoms with E-state index in [1.165, 1.54) is 27.7 Å². The Balaban J connectivity index is 1.45. The van der Waals surface area contributed by atoms with Crippen molar-refractivity contribution < 1.29 is 4.79 Å². The lowest BCUT2D eigenvalue weighted by atomic mass is 10.0. The fourth-order valence-electron chi connectivity index (χ4n) is 3.01. The van der Waals surface area contributed by atoms with E-state index in [0.29, 0.717) is 21.3 Å². The molecule has 0 radical (unpaired) electrons. The molecule has 26 heavy (non-hydrogen) atoms. The quantitative estimate of drug-likeness (QED) is 0.522. The van der Waals surface area contributed by atoms with Gasteiger partial charge in [0.05, 0.1) is 17.3 Å². The van der Waals surface area contributed by atoms with Crippen molar-refractivity contribution in [2.45, 2.75) is 24.0 Å². The highest BCUT2D eigenvalue weighted by atomic mass is 32.2. The van der Waals surface area contributed by atoms with Crippen molar-refractivity contribution >= 4 is 39.2 Å². The number of thioether (sulfide) groups is 1. The third-order valence-electron chi connectivity index (χ3n) is 4.55. The van der Waals surface area contributed by atoms with E-state index in [0.717, 1.165) is 18.4 Å². The number of hydrogen-bond acceptors (Lipinski definition) is 5. The molecule has 1 atom stereocenters. The summed E-state index contributed by atoms with van der Waals surface area (Å²) >= 11 is 2.69. The lowest BCUT2D eigenvalue weighted by Gasteiger charge is -2.18. The minimum atomic E-state index is -0.0620. The van der Waals surface area contributed by atoms with E-state index in [9.17, 15) is 9.59 Å². The van der Waals surface area contributed by atoms with E-state index in [1.807, 2.05) is 29.6 Å². The van der Waals surface area contributed by atoms with E-state index in [4.69, 9.17) is 0 Å². The Kier molecular flexibility index (Phi) is 4.82. The number of hydrogen-bond donors (Lipinski definition) is 1. The maximum atomic E-state index is 12.5. The topological polar surface area (TPSA) is 64.0 Å². The smallest absolute Gasteiger partial charge is 0.271 e. The van der Waals surface area contributed by atoms with Crippen LogP contribution in [0.1, 0.15) is 24.4 Å². The van der Waals surface area contributed by atoms with Gasteiger partial charge >= 0.3 is 0 Å². The van der Waals surface area contributed by atoms with Gasteiger partial charge in [0.15, 0.2) is 5.16 Å². The van der Waals surface area contributed by atoms with Crippen LogP contribution in [0.2, 0.25) is 0 Å². The molecule has 2 aromatic heterocycles. The number of aromatic nitrogens is 2. The number of fused-ring (bicyclic) bond motifs is 1. The summed E-state index contributed by atoms with van der Waals surface area (Å²) in [5.41, 5.74) is 1.78. The van der Waals surface area contributed by atoms with Crippen molar-refractivity contribution in [3.8, 4) is 0 Å². The number of carbonyl (C=O) groups is 1. The van der Waals surface area contributed by atoms with Crippen molar-refractivity contribution in [2.75, 3.05) is 5.75 Å². The first-order chi connectivity index (χ1) is 12.6. The van der Waals surface area contributed by atoms with E-state index in [1.54, 1.807) is 7.05 Å². The molecule has 1 N–H and O–H groups in total. The molecule has 1 aromatic carbocycles. The first-order valence-corrected chi connectivity index (χ1v) is 10.4. The summed E-state index contributed by atoms with van der Waals surface area (Å²) in [5.74, 6) is 0.734. The van der Waals surface area contributed by atoms with Crippen molar-refractivity contribution in [1.29, 1.82) is 0 Å². The Morgan fingerprint density at radius 2 is 2.12 bits per heavy atom. The fraction of sp³-hybridized carbons (Fsp3) is 0.316. The molecule has 1 fully saturated rings. The molecule has 134 valence electrons. The molecular formula is C19H19N3O2S2. The van der Waals surface area contributed by atoms with Crippen LogP contribution in [-0.4, -0.2) is 21.2 Å². The standard InChI is InChI=1S/C19H19N3O2S2/c1-22-18(24)17-14(9-10-25-17)20-19(22)26-11-15(23)21-16(13-7-8-13)12-5-3-2-4-6-12/h2-6,9-10,13,16H,7-8,11H2,1H3,(H,21,23). The average Bonchev–Trinajstić information content (AvgIpc) is 3.39. The first-order valence-electron chi connectivity index (χ1n) is 8.55. The van der Waals surface area contributed by atoms with Gasteiger partial charge in [-0.3, -0.25) is 14.2 Å². The Morgan fingerprint density at radius 1 is 1.35 bits per heavy atom. The third kappa shape index (κ3) is 3.54. The minimum Gasteiger partial charge on any atom is -0.348 e. The summed E-state index contributed by atoms with van der Waals surface area (Å²) in [6.07, 6.45) is 2.30. The summed E-state index contributed by atoms with van der Waals surface area (Å²) in [6.45, 7) is 0. The molecule has 1 unspecified atom stereocenters. The number of nitrogens with zero attached hydrogens (tertiary/aromatic N) is 2. The van der Waals surface area contributed by atoms with E-state index >= 15 is 0 Å². The van der Waals surface area contributed by atoms with Crippen LogP contribution in [0.15, 0.2) is 51.7 Å². The molecule has 0 saturated heterocycles. The molecule has 7 heteroatoms. The highest BCUT2D eigenvalue weighted by molar-refractivity contribution is 7.99. The number of amides is 1. The summed E-state index contributed by atoms with van der Waals surface area (Å²) < 4.78 is 2.17. The zero-order valence-electron chi connectivity index (χ0n) is 14.3. The van der Waals surface area contributed by atoms with Gasteiger partial charge in [0.25, 0.3) is 5.56 Å². The lowest BCUT2D eigenvalue weighted by molar-refractivity contribution is -0.119. The van der Waals surface area contributed by atoms with Crippen LogP contribution in [0.25, 0.3) is 10.2 Å². The molecule has 2 heterocycles. The molecule has 1 aliphatic carbocycles. The first kappa shape index (κ1) is 17.3. The number of rotatable bonds is 6. The largest absolute Gasteiger partial charge is 0.348 e. The number of carbonyl (C=O) groups excluding carboxylic acids is 1. The van der Waals surface area contributed by atoms with Crippen molar-refractivity contribution in [3.05, 3.63) is 57.7 Å². The van der Waals surface area contributed by atoms with Gasteiger partial charge in [-0.2, -0.15) is 0 Å². The van der Waals surface area contributed by atoms with Crippen molar-refractivity contribution in [3.63, 3.8) is 0 Å². The minimum absolute atomic E-state index is 0.0320. The van der Waals surface area contributed by atoms with Crippen LogP contribution >= 0.6 is 23.1 Å². The van der Waals surface area contributed by atoms with E-state index in [2.05, 4.69) is 22.4 Å². The van der Waals surface area contributed by atoms with Crippen molar-refractivity contribution in [1.82, 2.24) is 14.9 Å². The maximum absolute atomic E-state index is 12.5. The summed E-state index contributed by atoms with van der Waals surface area (Å²) in [6, 6.07) is 12.0. The van der Waals surface area contributed by atoms with E-state index in [-0.39, 0.29) is 23.3 Å². The lowest BCUT2D eigenvalue weighted by Crippen LogP contribution is -2.31. The SMILES string of the molecule is Cn1c(SCC(=O)NC(c2ccccc2)C2CC2)nc2ccsc2c1=O. The van der Waals surface area contributed by atoms with Crippen LogP contribution in [0.3, 0.4) is 0 Å². The highest BCUT2D eigenvalue weighted by Crippen LogP contribution is 2.41. The van der Waals surface area contributed by atoms with Gasteiger partial charge in [-0.1, -0.05) is 42.1 Å². The summed E-state index contributed by atoms with van der Waals surface area (Å²) in [4.78, 5) is 29.3. The predicted octanol–water partition coefficient (Wildman–Crippen LogP) is 3.35. The van der Waals surface area contributed by atoms with Gasteiger partial charge in [-0.25, -0.2) is 4.98 Å². The number of nitrogens with one attached hydrogen (secondary N) is 1. The molecule has 5 nitrogen and oxygen atoms in total. The molecule has 0 aliphatic heterocycles. The molecule has 4 rings (SSSR count). The highest BCUT2D eigenvalue weighted by Gasteiger charge is 2.33. The number of thiophene rings is 1. The molecule has 3 aromatic rings. The Bertz CT molecular complexity index is 993. The van der Waals surface area contributed by atoms with Gasteiger partial charge in [0.2, 0.25) is 5.91 Å². The zero-order chi connectivity index (χ0) is 18.1. The Labute approximate surface area is 159 Å². The van der Waals surface area contributed by atoms with Gasteiger partial charge < -0.3 is 5.32 Å². The zero-order valence-corrected chi connectivity index (χ0v) is 16.0.